The number of aryl methyl sites for hydroxylation is 2. The van der Waals surface area contributed by atoms with Gasteiger partial charge in [0, 0.05) is 28.7 Å². The lowest BCUT2D eigenvalue weighted by atomic mass is 9.95. The fourth-order valence-electron chi connectivity index (χ4n) is 4.19. The van der Waals surface area contributed by atoms with Gasteiger partial charge in [0.1, 0.15) is 17.5 Å². The van der Waals surface area contributed by atoms with E-state index in [0.29, 0.717) is 39.2 Å². The molecule has 0 aliphatic carbocycles. The molecule has 2 amide bonds. The lowest BCUT2D eigenvalue weighted by molar-refractivity contribution is -0.114. The van der Waals surface area contributed by atoms with Gasteiger partial charge < -0.3 is 25.4 Å². The van der Waals surface area contributed by atoms with Gasteiger partial charge in [-0.05, 0) is 62.2 Å². The van der Waals surface area contributed by atoms with E-state index < -0.39 is 6.04 Å². The van der Waals surface area contributed by atoms with E-state index in [4.69, 9.17) is 14.5 Å². The summed E-state index contributed by atoms with van der Waals surface area (Å²) in [7, 11) is 3.15. The molecule has 3 N–H and O–H groups in total. The van der Waals surface area contributed by atoms with Crippen LogP contribution in [0, 0.1) is 13.8 Å². The Morgan fingerprint density at radius 2 is 1.72 bits per heavy atom. The second-order valence-corrected chi connectivity index (χ2v) is 10.0. The van der Waals surface area contributed by atoms with Crippen LogP contribution in [-0.4, -0.2) is 37.0 Å². The first-order chi connectivity index (χ1) is 18.8. The summed E-state index contributed by atoms with van der Waals surface area (Å²) in [6, 6.07) is 19.9. The molecule has 0 spiro atoms. The van der Waals surface area contributed by atoms with Gasteiger partial charge in [0.2, 0.25) is 5.91 Å². The Bertz CT molecular complexity index is 1440. The maximum atomic E-state index is 13.5. The van der Waals surface area contributed by atoms with Crippen molar-refractivity contribution in [1.82, 2.24) is 5.32 Å². The number of amidine groups is 1. The summed E-state index contributed by atoms with van der Waals surface area (Å²) in [6.07, 6.45) is 0. The van der Waals surface area contributed by atoms with Gasteiger partial charge in [-0.15, -0.1) is 0 Å². The van der Waals surface area contributed by atoms with Crippen molar-refractivity contribution in [3.05, 3.63) is 94.7 Å². The van der Waals surface area contributed by atoms with Crippen LogP contribution in [0.4, 0.5) is 11.4 Å². The molecule has 1 aliphatic heterocycles. The number of amides is 2. The van der Waals surface area contributed by atoms with E-state index >= 15 is 0 Å². The molecule has 8 nitrogen and oxygen atoms in total. The van der Waals surface area contributed by atoms with E-state index in [-0.39, 0.29) is 17.6 Å². The first-order valence-corrected chi connectivity index (χ1v) is 13.4. The number of benzene rings is 3. The molecule has 1 aliphatic rings. The number of hydrogen-bond donors (Lipinski definition) is 3. The van der Waals surface area contributed by atoms with Gasteiger partial charge in [-0.2, -0.15) is 0 Å². The van der Waals surface area contributed by atoms with Crippen molar-refractivity contribution < 1.29 is 19.1 Å². The molecule has 3 aromatic rings. The van der Waals surface area contributed by atoms with E-state index in [2.05, 4.69) is 16.0 Å². The minimum atomic E-state index is -0.666. The van der Waals surface area contributed by atoms with Gasteiger partial charge in [-0.3, -0.25) is 9.59 Å². The summed E-state index contributed by atoms with van der Waals surface area (Å²) in [5.41, 5.74) is 5.32. The molecule has 3 aromatic carbocycles. The van der Waals surface area contributed by atoms with Crippen LogP contribution in [0.25, 0.3) is 0 Å². The highest BCUT2D eigenvalue weighted by molar-refractivity contribution is 8.14. The third-order valence-corrected chi connectivity index (χ3v) is 7.12. The Hall–Kier alpha value is -4.24. The average Bonchev–Trinajstić information content (AvgIpc) is 2.93. The lowest BCUT2D eigenvalue weighted by Crippen LogP contribution is -2.33. The van der Waals surface area contributed by atoms with Crippen molar-refractivity contribution >= 4 is 40.1 Å². The van der Waals surface area contributed by atoms with Gasteiger partial charge in [-0.25, -0.2) is 4.99 Å². The van der Waals surface area contributed by atoms with Gasteiger partial charge in [-0.1, -0.05) is 42.1 Å². The summed E-state index contributed by atoms with van der Waals surface area (Å²) in [4.78, 5) is 31.1. The molecule has 202 valence electrons. The summed E-state index contributed by atoms with van der Waals surface area (Å²) in [6.45, 7) is 5.77. The highest BCUT2D eigenvalue weighted by Crippen LogP contribution is 2.39. The molecule has 1 heterocycles. The number of nitrogens with one attached hydrogen (secondary N) is 3. The topological polar surface area (TPSA) is 101 Å². The van der Waals surface area contributed by atoms with Gasteiger partial charge in [0.25, 0.3) is 5.91 Å². The van der Waals surface area contributed by atoms with Crippen LogP contribution in [0.15, 0.2) is 83.0 Å². The lowest BCUT2D eigenvalue weighted by Gasteiger charge is -2.27. The van der Waals surface area contributed by atoms with Crippen LogP contribution in [0.2, 0.25) is 0 Å². The predicted octanol–water partition coefficient (Wildman–Crippen LogP) is 5.61. The molecule has 0 fully saturated rings. The minimum Gasteiger partial charge on any atom is -0.497 e. The fraction of sp³-hybridized carbons (Fsp3) is 0.233. The van der Waals surface area contributed by atoms with Crippen LogP contribution < -0.4 is 25.4 Å². The minimum absolute atomic E-state index is 0.143. The SMILES string of the molecule is COc1ccc([C@H]2N=C(SCC(=O)Nc3cc(C)ccc3C)NC(C)=C2C(=O)Nc2ccccc2)c(OC)c1. The van der Waals surface area contributed by atoms with E-state index in [1.165, 1.54) is 11.8 Å². The second-order valence-electron chi connectivity index (χ2n) is 9.08. The molecule has 0 saturated heterocycles. The van der Waals surface area contributed by atoms with Crippen LogP contribution in [0.3, 0.4) is 0 Å². The number of allylic oxidation sites excluding steroid dienone is 1. The summed E-state index contributed by atoms with van der Waals surface area (Å²) in [5, 5.41) is 9.69. The Balaban J connectivity index is 1.60. The van der Waals surface area contributed by atoms with Gasteiger partial charge >= 0.3 is 0 Å². The number of rotatable bonds is 8. The number of carbonyl (C=O) groups excluding carboxylic acids is 2. The number of hydrogen-bond acceptors (Lipinski definition) is 7. The van der Waals surface area contributed by atoms with Crippen molar-refractivity contribution in [1.29, 1.82) is 0 Å². The summed E-state index contributed by atoms with van der Waals surface area (Å²) in [5.74, 6) is 0.882. The third kappa shape index (κ3) is 6.80. The van der Waals surface area contributed by atoms with Crippen molar-refractivity contribution in [3.63, 3.8) is 0 Å². The first kappa shape index (κ1) is 27.8. The Labute approximate surface area is 232 Å². The zero-order chi connectivity index (χ0) is 27.9. The smallest absolute Gasteiger partial charge is 0.255 e. The van der Waals surface area contributed by atoms with Crippen LogP contribution in [-0.2, 0) is 9.59 Å². The molecule has 9 heteroatoms. The number of anilines is 2. The number of nitrogens with zero attached hydrogens (tertiary/aromatic N) is 1. The second kappa shape index (κ2) is 12.5. The standard InChI is InChI=1S/C30H32N4O4S/c1-18-11-12-19(2)24(15-18)33-26(35)17-39-30-31-20(3)27(29(36)32-21-9-7-6-8-10-21)28(34-30)23-14-13-22(37-4)16-25(23)38-5/h6-16,28H,17H2,1-5H3,(H,31,34)(H,32,36)(H,33,35)/t28-/m1/s1. The highest BCUT2D eigenvalue weighted by atomic mass is 32.2. The first-order valence-electron chi connectivity index (χ1n) is 12.4. The summed E-state index contributed by atoms with van der Waals surface area (Å²) >= 11 is 1.27. The van der Waals surface area contributed by atoms with Crippen LogP contribution in [0.1, 0.15) is 29.7 Å². The molecule has 4 rings (SSSR count). The molecule has 0 unspecified atom stereocenters. The Kier molecular flexibility index (Phi) is 8.93. The molecule has 0 aromatic heterocycles. The van der Waals surface area contributed by atoms with Crippen LogP contribution in [0.5, 0.6) is 11.5 Å². The van der Waals surface area contributed by atoms with Crippen LogP contribution >= 0.6 is 11.8 Å². The van der Waals surface area contributed by atoms with Gasteiger partial charge in [0.15, 0.2) is 5.17 Å². The number of para-hydroxylation sites is 1. The monoisotopic (exact) mass is 544 g/mol. The number of methoxy groups -OCH3 is 2. The molecule has 1 atom stereocenters. The predicted molar refractivity (Wildman–Crippen MR) is 158 cm³/mol. The third-order valence-electron chi connectivity index (χ3n) is 6.24. The zero-order valence-electron chi connectivity index (χ0n) is 22.6. The van der Waals surface area contributed by atoms with Crippen molar-refractivity contribution in [3.8, 4) is 11.5 Å². The number of ether oxygens (including phenoxy) is 2. The van der Waals surface area contributed by atoms with Crippen molar-refractivity contribution in [2.75, 3.05) is 30.6 Å². The molecular formula is C30H32N4O4S. The number of aliphatic imine (C=N–C) groups is 1. The van der Waals surface area contributed by atoms with E-state index in [0.717, 1.165) is 16.8 Å². The van der Waals surface area contributed by atoms with Gasteiger partial charge in [0.05, 0.1) is 25.5 Å². The zero-order valence-corrected chi connectivity index (χ0v) is 23.4. The van der Waals surface area contributed by atoms with E-state index in [1.54, 1.807) is 20.3 Å². The number of carbonyl (C=O) groups is 2. The average molecular weight is 545 g/mol. The maximum Gasteiger partial charge on any atom is 0.255 e. The van der Waals surface area contributed by atoms with Crippen molar-refractivity contribution in [2.45, 2.75) is 26.8 Å². The quantitative estimate of drug-likeness (QED) is 0.341. The molecule has 0 bridgehead atoms. The molecule has 0 saturated carbocycles. The number of thioether (sulfide) groups is 1. The highest BCUT2D eigenvalue weighted by Gasteiger charge is 2.32. The van der Waals surface area contributed by atoms with E-state index in [1.807, 2.05) is 81.4 Å². The van der Waals surface area contributed by atoms with E-state index in [9.17, 15) is 9.59 Å². The summed E-state index contributed by atoms with van der Waals surface area (Å²) < 4.78 is 11.0. The maximum absolute atomic E-state index is 13.5. The molecule has 39 heavy (non-hydrogen) atoms. The molecular weight excluding hydrogens is 512 g/mol. The van der Waals surface area contributed by atoms with Crippen molar-refractivity contribution in [2.24, 2.45) is 4.99 Å². The Morgan fingerprint density at radius 1 is 0.949 bits per heavy atom. The Morgan fingerprint density at radius 3 is 2.44 bits per heavy atom. The fourth-order valence-corrected chi connectivity index (χ4v) is 4.94. The molecule has 0 radical (unpaired) electrons. The normalized spacial score (nSPS) is 14.7. The largest absolute Gasteiger partial charge is 0.497 e.